The lowest BCUT2D eigenvalue weighted by molar-refractivity contribution is 0.0767. The van der Waals surface area contributed by atoms with Crippen molar-refractivity contribution in [3.63, 3.8) is 0 Å². The Morgan fingerprint density at radius 2 is 2.00 bits per heavy atom. The molecule has 0 spiro atoms. The molecule has 31 heavy (non-hydrogen) atoms. The first-order valence-electron chi connectivity index (χ1n) is 10.9. The highest BCUT2D eigenvalue weighted by Crippen LogP contribution is 2.32. The monoisotopic (exact) mass is 422 g/mol. The van der Waals surface area contributed by atoms with Gasteiger partial charge in [0.2, 0.25) is 0 Å². The Bertz CT molecular complexity index is 1180. The van der Waals surface area contributed by atoms with E-state index >= 15 is 0 Å². The summed E-state index contributed by atoms with van der Waals surface area (Å²) in [6, 6.07) is 5.79. The van der Waals surface area contributed by atoms with Crippen molar-refractivity contribution >= 4 is 23.1 Å². The van der Waals surface area contributed by atoms with Gasteiger partial charge in [0.05, 0.1) is 5.56 Å². The van der Waals surface area contributed by atoms with E-state index in [-0.39, 0.29) is 18.3 Å². The molecule has 3 aromatic heterocycles. The standard InChI is InChI=1S/C22H26N6O3/c1-2-31-15-28-22(30)27-11-7-18(13-19(27)24-28)26-10-5-6-16-12-17(14-23-20(16)26)21(29)25-8-3-4-9-25/h7,11-14H,2-6,8-10,15H2,1H3. The fourth-order valence-electron chi connectivity index (χ4n) is 4.37. The Morgan fingerprint density at radius 3 is 2.81 bits per heavy atom. The van der Waals surface area contributed by atoms with Gasteiger partial charge in [0.15, 0.2) is 5.65 Å². The molecule has 5 heterocycles. The van der Waals surface area contributed by atoms with Crippen molar-refractivity contribution in [1.29, 1.82) is 0 Å². The summed E-state index contributed by atoms with van der Waals surface area (Å²) in [4.78, 5) is 33.9. The zero-order valence-corrected chi connectivity index (χ0v) is 17.7. The third-order valence-electron chi connectivity index (χ3n) is 5.96. The summed E-state index contributed by atoms with van der Waals surface area (Å²) in [6.45, 7) is 5.01. The fourth-order valence-corrected chi connectivity index (χ4v) is 4.37. The number of carbonyl (C=O) groups is 1. The molecule has 162 valence electrons. The second-order valence-corrected chi connectivity index (χ2v) is 7.98. The van der Waals surface area contributed by atoms with E-state index in [9.17, 15) is 9.59 Å². The van der Waals surface area contributed by atoms with E-state index in [4.69, 9.17) is 4.74 Å². The largest absolute Gasteiger partial charge is 0.359 e. The SMILES string of the molecule is CCOCn1nc2cc(N3CCCc4cc(C(=O)N5CCCC5)cnc43)ccn2c1=O. The number of hydrogen-bond donors (Lipinski definition) is 0. The molecule has 0 unspecified atom stereocenters. The van der Waals surface area contributed by atoms with Crippen LogP contribution in [0, 0.1) is 0 Å². The molecule has 0 saturated carbocycles. The highest BCUT2D eigenvalue weighted by atomic mass is 16.5. The molecule has 1 fully saturated rings. The summed E-state index contributed by atoms with van der Waals surface area (Å²) < 4.78 is 8.16. The Labute approximate surface area is 179 Å². The molecule has 2 aliphatic heterocycles. The van der Waals surface area contributed by atoms with Crippen LogP contribution in [0.15, 0.2) is 35.4 Å². The van der Waals surface area contributed by atoms with Gasteiger partial charge in [-0.25, -0.2) is 9.78 Å². The summed E-state index contributed by atoms with van der Waals surface area (Å²) in [5.74, 6) is 0.940. The van der Waals surface area contributed by atoms with E-state index in [2.05, 4.69) is 15.0 Å². The predicted octanol–water partition coefficient (Wildman–Crippen LogP) is 2.21. The Kier molecular flexibility index (Phi) is 5.19. The second-order valence-electron chi connectivity index (χ2n) is 7.98. The average Bonchev–Trinajstić information content (AvgIpc) is 3.44. The zero-order valence-electron chi connectivity index (χ0n) is 17.7. The molecule has 0 bridgehead atoms. The van der Waals surface area contributed by atoms with Crippen LogP contribution in [0.3, 0.4) is 0 Å². The van der Waals surface area contributed by atoms with Crippen LogP contribution >= 0.6 is 0 Å². The van der Waals surface area contributed by atoms with Crippen molar-refractivity contribution in [2.24, 2.45) is 0 Å². The highest BCUT2D eigenvalue weighted by Gasteiger charge is 2.25. The first kappa shape index (κ1) is 19.7. The highest BCUT2D eigenvalue weighted by molar-refractivity contribution is 5.94. The van der Waals surface area contributed by atoms with Crippen molar-refractivity contribution in [1.82, 2.24) is 24.1 Å². The molecule has 0 N–H and O–H groups in total. The van der Waals surface area contributed by atoms with Crippen LogP contribution in [0.4, 0.5) is 11.5 Å². The number of pyridine rings is 2. The molecular formula is C22H26N6O3. The number of likely N-dealkylation sites (tertiary alicyclic amines) is 1. The average molecular weight is 422 g/mol. The lowest BCUT2D eigenvalue weighted by atomic mass is 10.0. The lowest BCUT2D eigenvalue weighted by Gasteiger charge is -2.30. The smallest absolute Gasteiger partial charge is 0.352 e. The van der Waals surface area contributed by atoms with Crippen LogP contribution in [-0.2, 0) is 17.9 Å². The first-order valence-corrected chi connectivity index (χ1v) is 10.9. The summed E-state index contributed by atoms with van der Waals surface area (Å²) in [6.07, 6.45) is 7.44. The van der Waals surface area contributed by atoms with E-state index < -0.39 is 0 Å². The zero-order chi connectivity index (χ0) is 21.4. The van der Waals surface area contributed by atoms with Crippen LogP contribution in [0.2, 0.25) is 0 Å². The molecule has 5 rings (SSSR count). The molecule has 9 nitrogen and oxygen atoms in total. The van der Waals surface area contributed by atoms with Crippen LogP contribution in [0.25, 0.3) is 5.65 Å². The van der Waals surface area contributed by atoms with Crippen molar-refractivity contribution in [3.05, 3.63) is 52.2 Å². The number of rotatable bonds is 5. The molecule has 0 radical (unpaired) electrons. The van der Waals surface area contributed by atoms with Crippen molar-refractivity contribution < 1.29 is 9.53 Å². The Morgan fingerprint density at radius 1 is 1.16 bits per heavy atom. The maximum atomic E-state index is 12.8. The number of fused-ring (bicyclic) bond motifs is 2. The van der Waals surface area contributed by atoms with Gasteiger partial charge in [-0.05, 0) is 50.3 Å². The molecule has 1 amide bonds. The number of amides is 1. The molecule has 0 aliphatic carbocycles. The van der Waals surface area contributed by atoms with Gasteiger partial charge in [-0.2, -0.15) is 4.68 Å². The number of ether oxygens (including phenoxy) is 1. The molecule has 1 saturated heterocycles. The third kappa shape index (κ3) is 3.59. The summed E-state index contributed by atoms with van der Waals surface area (Å²) in [5, 5.41) is 4.39. The van der Waals surface area contributed by atoms with Gasteiger partial charge in [0, 0.05) is 50.4 Å². The predicted molar refractivity (Wildman–Crippen MR) is 116 cm³/mol. The summed E-state index contributed by atoms with van der Waals surface area (Å²) in [5.41, 5.74) is 3.01. The van der Waals surface area contributed by atoms with E-state index in [0.717, 1.165) is 62.4 Å². The minimum Gasteiger partial charge on any atom is -0.359 e. The number of aromatic nitrogens is 4. The second kappa shape index (κ2) is 8.14. The minimum atomic E-state index is -0.225. The fraction of sp³-hybridized carbons (Fsp3) is 0.455. The topological polar surface area (TPSA) is 85.0 Å². The number of hydrogen-bond acceptors (Lipinski definition) is 6. The minimum absolute atomic E-state index is 0.0746. The van der Waals surface area contributed by atoms with Gasteiger partial charge in [0.1, 0.15) is 12.5 Å². The van der Waals surface area contributed by atoms with Gasteiger partial charge >= 0.3 is 5.69 Å². The Balaban J connectivity index is 1.46. The van der Waals surface area contributed by atoms with Crippen LogP contribution in [0.1, 0.15) is 42.1 Å². The quantitative estimate of drug-likeness (QED) is 0.627. The Hall–Kier alpha value is -3.20. The van der Waals surface area contributed by atoms with Crippen molar-refractivity contribution in [2.75, 3.05) is 31.1 Å². The van der Waals surface area contributed by atoms with Crippen molar-refractivity contribution in [3.8, 4) is 0 Å². The number of anilines is 2. The van der Waals surface area contributed by atoms with E-state index in [1.807, 2.05) is 30.0 Å². The van der Waals surface area contributed by atoms with E-state index in [1.54, 1.807) is 12.4 Å². The molecule has 2 aliphatic rings. The van der Waals surface area contributed by atoms with Gasteiger partial charge in [0.25, 0.3) is 5.91 Å². The summed E-state index contributed by atoms with van der Waals surface area (Å²) in [7, 11) is 0. The van der Waals surface area contributed by atoms with Gasteiger partial charge in [-0.1, -0.05) is 0 Å². The number of nitrogens with zero attached hydrogens (tertiary/aromatic N) is 6. The summed E-state index contributed by atoms with van der Waals surface area (Å²) >= 11 is 0. The van der Waals surface area contributed by atoms with Gasteiger partial charge < -0.3 is 14.5 Å². The van der Waals surface area contributed by atoms with E-state index in [0.29, 0.717) is 17.8 Å². The maximum absolute atomic E-state index is 12.8. The lowest BCUT2D eigenvalue weighted by Crippen LogP contribution is -2.29. The maximum Gasteiger partial charge on any atom is 0.352 e. The number of aryl methyl sites for hydroxylation is 1. The van der Waals surface area contributed by atoms with E-state index in [1.165, 1.54) is 9.08 Å². The normalized spacial score (nSPS) is 16.2. The van der Waals surface area contributed by atoms with Gasteiger partial charge in [-0.3, -0.25) is 9.20 Å². The van der Waals surface area contributed by atoms with Crippen LogP contribution in [-0.4, -0.2) is 56.2 Å². The molecule has 3 aromatic rings. The van der Waals surface area contributed by atoms with Gasteiger partial charge in [-0.15, -0.1) is 5.10 Å². The third-order valence-corrected chi connectivity index (χ3v) is 5.96. The van der Waals surface area contributed by atoms with Crippen LogP contribution in [0.5, 0.6) is 0 Å². The van der Waals surface area contributed by atoms with Crippen molar-refractivity contribution in [2.45, 2.75) is 39.3 Å². The molecule has 9 heteroatoms. The molecule has 0 atom stereocenters. The van der Waals surface area contributed by atoms with Crippen LogP contribution < -0.4 is 10.6 Å². The first-order chi connectivity index (χ1) is 15.2. The molecule has 0 aromatic carbocycles. The number of carbonyl (C=O) groups excluding carboxylic acids is 1. The molecular weight excluding hydrogens is 396 g/mol.